The van der Waals surface area contributed by atoms with Crippen molar-refractivity contribution in [1.29, 1.82) is 0 Å². The van der Waals surface area contributed by atoms with Crippen LogP contribution in [0.5, 0.6) is 5.75 Å². The molecular weight excluding hydrogens is 250 g/mol. The molecule has 1 aromatic carbocycles. The lowest BCUT2D eigenvalue weighted by Gasteiger charge is -2.26. The summed E-state index contributed by atoms with van der Waals surface area (Å²) in [5.74, 6) is 1.01. The van der Waals surface area contributed by atoms with E-state index in [9.17, 15) is 0 Å². The maximum absolute atomic E-state index is 5.86. The molecule has 1 aliphatic rings. The summed E-state index contributed by atoms with van der Waals surface area (Å²) >= 11 is 0. The van der Waals surface area contributed by atoms with Crippen LogP contribution >= 0.6 is 0 Å². The molecule has 0 saturated carbocycles. The van der Waals surface area contributed by atoms with E-state index in [-0.39, 0.29) is 0 Å². The van der Waals surface area contributed by atoms with E-state index in [0.717, 1.165) is 38.3 Å². The highest BCUT2D eigenvalue weighted by atomic mass is 16.5. The van der Waals surface area contributed by atoms with Crippen LogP contribution in [-0.2, 0) is 11.2 Å². The number of ether oxygens (including phenoxy) is 2. The Kier molecular flexibility index (Phi) is 6.34. The normalized spacial score (nSPS) is 17.8. The van der Waals surface area contributed by atoms with E-state index in [4.69, 9.17) is 9.47 Å². The average molecular weight is 277 g/mol. The molecule has 20 heavy (non-hydrogen) atoms. The van der Waals surface area contributed by atoms with Crippen molar-refractivity contribution in [3.8, 4) is 5.75 Å². The Morgan fingerprint density at radius 2 is 2.10 bits per heavy atom. The van der Waals surface area contributed by atoms with Crippen LogP contribution in [0.15, 0.2) is 18.2 Å². The molecule has 0 heterocycles. The van der Waals surface area contributed by atoms with Gasteiger partial charge in [-0.3, -0.25) is 0 Å². The summed E-state index contributed by atoms with van der Waals surface area (Å²) in [5.41, 5.74) is 2.92. The van der Waals surface area contributed by atoms with Crippen LogP contribution in [-0.4, -0.2) is 26.9 Å². The van der Waals surface area contributed by atoms with Crippen molar-refractivity contribution in [2.24, 2.45) is 0 Å². The predicted molar refractivity (Wildman–Crippen MR) is 82.4 cm³/mol. The topological polar surface area (TPSA) is 30.5 Å². The predicted octanol–water partition coefficient (Wildman–Crippen LogP) is 3.48. The van der Waals surface area contributed by atoms with Gasteiger partial charge < -0.3 is 14.8 Å². The zero-order valence-corrected chi connectivity index (χ0v) is 12.8. The van der Waals surface area contributed by atoms with Crippen molar-refractivity contribution in [2.75, 3.05) is 26.9 Å². The quantitative estimate of drug-likeness (QED) is 0.738. The molecule has 112 valence electrons. The highest BCUT2D eigenvalue weighted by Gasteiger charge is 2.19. The molecule has 3 nitrogen and oxygen atoms in total. The zero-order valence-electron chi connectivity index (χ0n) is 12.8. The van der Waals surface area contributed by atoms with Gasteiger partial charge in [-0.25, -0.2) is 0 Å². The SMILES string of the molecule is CCNC1CCCc2ccc(OCCCCOC)cc21. The van der Waals surface area contributed by atoms with E-state index in [1.807, 2.05) is 0 Å². The number of fused-ring (bicyclic) bond motifs is 1. The Morgan fingerprint density at radius 3 is 2.90 bits per heavy atom. The molecule has 0 radical (unpaired) electrons. The van der Waals surface area contributed by atoms with Crippen molar-refractivity contribution >= 4 is 0 Å². The van der Waals surface area contributed by atoms with Crippen LogP contribution in [0.25, 0.3) is 0 Å². The number of nitrogens with one attached hydrogen (secondary N) is 1. The molecule has 0 amide bonds. The summed E-state index contributed by atoms with van der Waals surface area (Å²) in [6.45, 7) is 4.78. The first-order valence-corrected chi connectivity index (χ1v) is 7.83. The lowest BCUT2D eigenvalue weighted by Crippen LogP contribution is -2.24. The lowest BCUT2D eigenvalue weighted by molar-refractivity contribution is 0.184. The Labute approximate surface area is 122 Å². The zero-order chi connectivity index (χ0) is 14.2. The molecular formula is C17H27NO2. The number of unbranched alkanes of at least 4 members (excludes halogenated alkanes) is 1. The molecule has 1 unspecified atom stereocenters. The van der Waals surface area contributed by atoms with Gasteiger partial charge in [0.2, 0.25) is 0 Å². The third-order valence-corrected chi connectivity index (χ3v) is 3.89. The fourth-order valence-corrected chi connectivity index (χ4v) is 2.86. The molecule has 0 aromatic heterocycles. The number of benzene rings is 1. The van der Waals surface area contributed by atoms with Gasteiger partial charge in [-0.1, -0.05) is 13.0 Å². The first-order chi connectivity index (χ1) is 9.85. The highest BCUT2D eigenvalue weighted by Crippen LogP contribution is 2.32. The van der Waals surface area contributed by atoms with E-state index in [2.05, 4.69) is 30.4 Å². The lowest BCUT2D eigenvalue weighted by atomic mass is 9.87. The fraction of sp³-hybridized carbons (Fsp3) is 0.647. The maximum Gasteiger partial charge on any atom is 0.119 e. The van der Waals surface area contributed by atoms with E-state index < -0.39 is 0 Å². The summed E-state index contributed by atoms with van der Waals surface area (Å²) in [6, 6.07) is 7.09. The molecule has 0 fully saturated rings. The van der Waals surface area contributed by atoms with Gasteiger partial charge in [0.05, 0.1) is 6.61 Å². The van der Waals surface area contributed by atoms with Gasteiger partial charge in [0.15, 0.2) is 0 Å². The monoisotopic (exact) mass is 277 g/mol. The fourth-order valence-electron chi connectivity index (χ4n) is 2.86. The number of rotatable bonds is 8. The Morgan fingerprint density at radius 1 is 1.25 bits per heavy atom. The molecule has 0 aliphatic heterocycles. The van der Waals surface area contributed by atoms with Gasteiger partial charge in [-0.15, -0.1) is 0 Å². The van der Waals surface area contributed by atoms with Crippen LogP contribution in [0, 0.1) is 0 Å². The minimum absolute atomic E-state index is 0.501. The van der Waals surface area contributed by atoms with E-state index in [0.29, 0.717) is 6.04 Å². The number of aryl methyl sites for hydroxylation is 1. The van der Waals surface area contributed by atoms with Crippen molar-refractivity contribution < 1.29 is 9.47 Å². The third kappa shape index (κ3) is 4.22. The van der Waals surface area contributed by atoms with E-state index in [1.165, 1.54) is 30.4 Å². The number of methoxy groups -OCH3 is 1. The summed E-state index contributed by atoms with van der Waals surface area (Å²) < 4.78 is 10.9. The number of hydrogen-bond acceptors (Lipinski definition) is 3. The van der Waals surface area contributed by atoms with Crippen LogP contribution in [0.3, 0.4) is 0 Å². The molecule has 0 saturated heterocycles. The molecule has 3 heteroatoms. The van der Waals surface area contributed by atoms with Crippen LogP contribution < -0.4 is 10.1 Å². The second-order valence-electron chi connectivity index (χ2n) is 5.41. The Hall–Kier alpha value is -1.06. The van der Waals surface area contributed by atoms with Gasteiger partial charge >= 0.3 is 0 Å². The van der Waals surface area contributed by atoms with Crippen molar-refractivity contribution in [3.63, 3.8) is 0 Å². The minimum Gasteiger partial charge on any atom is -0.494 e. The molecule has 1 N–H and O–H groups in total. The largest absolute Gasteiger partial charge is 0.494 e. The average Bonchev–Trinajstić information content (AvgIpc) is 2.48. The van der Waals surface area contributed by atoms with Gasteiger partial charge in [-0.2, -0.15) is 0 Å². The highest BCUT2D eigenvalue weighted by molar-refractivity contribution is 5.39. The Balaban J connectivity index is 1.93. The summed E-state index contributed by atoms with van der Waals surface area (Å²) in [5, 5.41) is 3.58. The standard InChI is InChI=1S/C17H27NO2/c1-3-18-17-8-6-7-14-9-10-15(13-16(14)17)20-12-5-4-11-19-2/h9-10,13,17-18H,3-8,11-12H2,1-2H3. The molecule has 1 atom stereocenters. The Bertz CT molecular complexity index is 406. The summed E-state index contributed by atoms with van der Waals surface area (Å²) in [7, 11) is 1.74. The van der Waals surface area contributed by atoms with Crippen LogP contribution in [0.2, 0.25) is 0 Å². The molecule has 2 rings (SSSR count). The van der Waals surface area contributed by atoms with Gasteiger partial charge in [0.25, 0.3) is 0 Å². The molecule has 0 spiro atoms. The summed E-state index contributed by atoms with van der Waals surface area (Å²) in [4.78, 5) is 0. The van der Waals surface area contributed by atoms with E-state index >= 15 is 0 Å². The summed E-state index contributed by atoms with van der Waals surface area (Å²) in [6.07, 6.45) is 5.81. The van der Waals surface area contributed by atoms with Crippen molar-refractivity contribution in [1.82, 2.24) is 5.32 Å². The van der Waals surface area contributed by atoms with Gasteiger partial charge in [-0.05, 0) is 61.9 Å². The molecule has 1 aliphatic carbocycles. The number of hydrogen-bond donors (Lipinski definition) is 1. The molecule has 1 aromatic rings. The minimum atomic E-state index is 0.501. The smallest absolute Gasteiger partial charge is 0.119 e. The van der Waals surface area contributed by atoms with Crippen LogP contribution in [0.4, 0.5) is 0 Å². The second-order valence-corrected chi connectivity index (χ2v) is 5.41. The van der Waals surface area contributed by atoms with Crippen molar-refractivity contribution in [2.45, 2.75) is 45.1 Å². The maximum atomic E-state index is 5.86. The third-order valence-electron chi connectivity index (χ3n) is 3.89. The first-order valence-electron chi connectivity index (χ1n) is 7.83. The van der Waals surface area contributed by atoms with Crippen molar-refractivity contribution in [3.05, 3.63) is 29.3 Å². The van der Waals surface area contributed by atoms with Gasteiger partial charge in [0, 0.05) is 19.8 Å². The molecule has 0 bridgehead atoms. The van der Waals surface area contributed by atoms with E-state index in [1.54, 1.807) is 7.11 Å². The van der Waals surface area contributed by atoms with Crippen LogP contribution in [0.1, 0.15) is 49.8 Å². The first kappa shape index (κ1) is 15.3. The second kappa shape index (κ2) is 8.28. The van der Waals surface area contributed by atoms with Gasteiger partial charge in [0.1, 0.15) is 5.75 Å².